The molecule has 4 rings (SSSR count). The van der Waals surface area contributed by atoms with Crippen LogP contribution in [0.1, 0.15) is 12.8 Å². The number of benzene rings is 1. The first-order chi connectivity index (χ1) is 14.7. The zero-order chi connectivity index (χ0) is 22.3. The summed E-state index contributed by atoms with van der Waals surface area (Å²) in [5.74, 6) is -2.34. The van der Waals surface area contributed by atoms with Gasteiger partial charge in [-0.2, -0.15) is 8.78 Å². The van der Waals surface area contributed by atoms with Gasteiger partial charge < -0.3 is 24.8 Å². The number of imidazole rings is 1. The number of nitrogens with two attached hydrogens (primary N) is 1. The second kappa shape index (κ2) is 8.58. The molecule has 2 aromatic rings. The van der Waals surface area contributed by atoms with Gasteiger partial charge in [0.05, 0.1) is 23.2 Å². The minimum Gasteiger partial charge on any atom is -0.340 e. The number of alkyl halides is 3. The van der Waals surface area contributed by atoms with Crippen LogP contribution < -0.4 is 10.6 Å². The molecule has 170 valence electrons. The largest absolute Gasteiger partial charge is 0.345 e. The van der Waals surface area contributed by atoms with E-state index < -0.39 is 42.5 Å². The summed E-state index contributed by atoms with van der Waals surface area (Å²) in [6, 6.07) is 1.11. The average molecular weight is 447 g/mol. The number of piperidine rings is 1. The number of hydrogen-bond donors (Lipinski definition) is 1. The minimum atomic E-state index is -2.93. The molecule has 1 aromatic carbocycles. The van der Waals surface area contributed by atoms with Crippen molar-refractivity contribution in [3.8, 4) is 0 Å². The van der Waals surface area contributed by atoms with Crippen molar-refractivity contribution < 1.29 is 31.5 Å². The molecule has 2 aliphatic heterocycles. The lowest BCUT2D eigenvalue weighted by Gasteiger charge is -2.34. The number of anilines is 1. The number of carbonyl (C=O) groups excluding carboxylic acids is 1. The van der Waals surface area contributed by atoms with Crippen molar-refractivity contribution in [1.82, 2.24) is 14.5 Å². The fourth-order valence-electron chi connectivity index (χ4n) is 4.09. The Labute approximate surface area is 174 Å². The highest BCUT2D eigenvalue weighted by Crippen LogP contribution is 2.28. The molecule has 2 N–H and O–H groups in total. The standard InChI is InChI=1S/C19H22F5N5O2/c20-11-2-4-28(8-14(11)25)19-26-15-5-12(21)13(22)6-16(15)29(19)9-17(30)27-3-1-10(7-27)31-18(23)24/h5-6,10-11,14,18H,1-4,7-9,25H2/t10?,11-,14-/m1/s1. The van der Waals surface area contributed by atoms with Crippen LogP contribution in [0.3, 0.4) is 0 Å². The Morgan fingerprint density at radius 2 is 1.94 bits per heavy atom. The van der Waals surface area contributed by atoms with Gasteiger partial charge in [-0.05, 0) is 12.8 Å². The van der Waals surface area contributed by atoms with Gasteiger partial charge in [-0.25, -0.2) is 18.2 Å². The molecular formula is C19H22F5N5O2. The van der Waals surface area contributed by atoms with Crippen LogP contribution in [0.5, 0.6) is 0 Å². The Bertz CT molecular complexity index is 971. The maximum atomic E-state index is 13.9. The second-order valence-corrected chi connectivity index (χ2v) is 7.81. The molecule has 3 heterocycles. The zero-order valence-corrected chi connectivity index (χ0v) is 16.5. The van der Waals surface area contributed by atoms with Crippen molar-refractivity contribution in [3.63, 3.8) is 0 Å². The molecule has 2 aliphatic rings. The molecule has 1 unspecified atom stereocenters. The topological polar surface area (TPSA) is 76.6 Å². The van der Waals surface area contributed by atoms with Gasteiger partial charge in [-0.15, -0.1) is 0 Å². The molecule has 0 saturated carbocycles. The Kier molecular flexibility index (Phi) is 6.02. The molecule has 2 saturated heterocycles. The molecule has 0 bridgehead atoms. The Hall–Kier alpha value is -2.47. The first kappa shape index (κ1) is 21.8. The van der Waals surface area contributed by atoms with Crippen LogP contribution >= 0.6 is 0 Å². The van der Waals surface area contributed by atoms with Crippen molar-refractivity contribution in [2.75, 3.05) is 31.1 Å². The number of amides is 1. The normalized spacial score (nSPS) is 24.5. The predicted molar refractivity (Wildman–Crippen MR) is 101 cm³/mol. The van der Waals surface area contributed by atoms with Gasteiger partial charge >= 0.3 is 6.61 Å². The lowest BCUT2D eigenvalue weighted by atomic mass is 10.1. The van der Waals surface area contributed by atoms with E-state index >= 15 is 0 Å². The van der Waals surface area contributed by atoms with E-state index in [1.165, 1.54) is 9.47 Å². The van der Waals surface area contributed by atoms with Gasteiger partial charge in [0, 0.05) is 38.3 Å². The number of carbonyl (C=O) groups is 1. The van der Waals surface area contributed by atoms with E-state index in [4.69, 9.17) is 5.73 Å². The summed E-state index contributed by atoms with van der Waals surface area (Å²) in [7, 11) is 0. The molecule has 7 nitrogen and oxygen atoms in total. The fourth-order valence-corrected chi connectivity index (χ4v) is 4.09. The average Bonchev–Trinajstić information content (AvgIpc) is 3.29. The van der Waals surface area contributed by atoms with Crippen molar-refractivity contribution in [2.24, 2.45) is 5.73 Å². The van der Waals surface area contributed by atoms with Crippen LogP contribution in [0.4, 0.5) is 27.9 Å². The highest BCUT2D eigenvalue weighted by Gasteiger charge is 2.32. The maximum Gasteiger partial charge on any atom is 0.345 e. The molecule has 2 fully saturated rings. The maximum absolute atomic E-state index is 13.9. The third-order valence-corrected chi connectivity index (χ3v) is 5.71. The molecule has 0 radical (unpaired) electrons. The van der Waals surface area contributed by atoms with Gasteiger partial charge in [0.25, 0.3) is 0 Å². The monoisotopic (exact) mass is 447 g/mol. The first-order valence-corrected chi connectivity index (χ1v) is 9.94. The molecule has 0 spiro atoms. The van der Waals surface area contributed by atoms with Crippen molar-refractivity contribution >= 4 is 22.9 Å². The Balaban J connectivity index is 1.62. The summed E-state index contributed by atoms with van der Waals surface area (Å²) < 4.78 is 72.2. The van der Waals surface area contributed by atoms with Crippen LogP contribution in [0.25, 0.3) is 11.0 Å². The van der Waals surface area contributed by atoms with Crippen molar-refractivity contribution in [1.29, 1.82) is 0 Å². The van der Waals surface area contributed by atoms with E-state index in [-0.39, 0.29) is 62.5 Å². The summed E-state index contributed by atoms with van der Waals surface area (Å²) in [6.07, 6.45) is -1.52. The zero-order valence-electron chi connectivity index (χ0n) is 16.5. The van der Waals surface area contributed by atoms with Gasteiger partial charge in [-0.3, -0.25) is 4.79 Å². The Morgan fingerprint density at radius 1 is 1.19 bits per heavy atom. The van der Waals surface area contributed by atoms with E-state index in [9.17, 15) is 26.7 Å². The predicted octanol–water partition coefficient (Wildman–Crippen LogP) is 2.03. The van der Waals surface area contributed by atoms with Gasteiger partial charge in [0.15, 0.2) is 11.6 Å². The number of fused-ring (bicyclic) bond motifs is 1. The molecular weight excluding hydrogens is 425 g/mol. The molecule has 12 heteroatoms. The second-order valence-electron chi connectivity index (χ2n) is 7.81. The number of nitrogens with zero attached hydrogens (tertiary/aromatic N) is 4. The van der Waals surface area contributed by atoms with Crippen LogP contribution in [0.2, 0.25) is 0 Å². The lowest BCUT2D eigenvalue weighted by molar-refractivity contribution is -0.160. The lowest BCUT2D eigenvalue weighted by Crippen LogP contribution is -2.50. The summed E-state index contributed by atoms with van der Waals surface area (Å²) in [6.45, 7) is -2.57. The van der Waals surface area contributed by atoms with Crippen LogP contribution in [-0.4, -0.2) is 71.5 Å². The van der Waals surface area contributed by atoms with Gasteiger partial charge in [0.2, 0.25) is 11.9 Å². The van der Waals surface area contributed by atoms with Crippen molar-refractivity contribution in [3.05, 3.63) is 23.8 Å². The number of ether oxygens (including phenoxy) is 1. The number of hydrogen-bond acceptors (Lipinski definition) is 5. The van der Waals surface area contributed by atoms with E-state index in [1.807, 2.05) is 0 Å². The highest BCUT2D eigenvalue weighted by molar-refractivity contribution is 5.83. The molecule has 3 atom stereocenters. The van der Waals surface area contributed by atoms with E-state index in [0.717, 1.165) is 12.1 Å². The summed E-state index contributed by atoms with van der Waals surface area (Å²) in [4.78, 5) is 20.2. The van der Waals surface area contributed by atoms with E-state index in [2.05, 4.69) is 9.72 Å². The third-order valence-electron chi connectivity index (χ3n) is 5.71. The number of halogens is 5. The fraction of sp³-hybridized carbons (Fsp3) is 0.579. The molecule has 0 aliphatic carbocycles. The number of likely N-dealkylation sites (tertiary alicyclic amines) is 1. The molecule has 1 amide bonds. The van der Waals surface area contributed by atoms with E-state index in [1.54, 1.807) is 4.90 Å². The van der Waals surface area contributed by atoms with Gasteiger partial charge in [-0.1, -0.05) is 0 Å². The third kappa shape index (κ3) is 4.45. The molecule has 31 heavy (non-hydrogen) atoms. The number of aromatic nitrogens is 2. The van der Waals surface area contributed by atoms with Crippen molar-refractivity contribution in [2.45, 2.75) is 44.3 Å². The summed E-state index contributed by atoms with van der Waals surface area (Å²) >= 11 is 0. The molecule has 1 aromatic heterocycles. The van der Waals surface area contributed by atoms with Crippen LogP contribution in [0, 0.1) is 11.6 Å². The van der Waals surface area contributed by atoms with Gasteiger partial charge in [0.1, 0.15) is 12.7 Å². The van der Waals surface area contributed by atoms with Crippen LogP contribution in [0.15, 0.2) is 12.1 Å². The first-order valence-electron chi connectivity index (χ1n) is 9.94. The highest BCUT2D eigenvalue weighted by atomic mass is 19.3. The minimum absolute atomic E-state index is 0.00620. The Morgan fingerprint density at radius 3 is 2.65 bits per heavy atom. The smallest absolute Gasteiger partial charge is 0.340 e. The quantitative estimate of drug-likeness (QED) is 0.710. The SMILES string of the molecule is N[C@@H]1CN(c2nc3cc(F)c(F)cc3n2CC(=O)N2CCC(OC(F)F)C2)CC[C@H]1F. The number of rotatable bonds is 5. The summed E-state index contributed by atoms with van der Waals surface area (Å²) in [5, 5.41) is 0. The van der Waals surface area contributed by atoms with Crippen LogP contribution in [-0.2, 0) is 16.1 Å². The summed E-state index contributed by atoms with van der Waals surface area (Å²) in [5.41, 5.74) is 6.16. The van der Waals surface area contributed by atoms with E-state index in [0.29, 0.717) is 0 Å².